The van der Waals surface area contributed by atoms with Gasteiger partial charge in [0, 0.05) is 54.0 Å². The molecule has 12 heteroatoms. The number of hydrogen-bond donors (Lipinski definition) is 3. The van der Waals surface area contributed by atoms with E-state index < -0.39 is 40.2 Å². The van der Waals surface area contributed by atoms with Crippen molar-refractivity contribution < 1.29 is 43.1 Å². The van der Waals surface area contributed by atoms with Crippen LogP contribution in [0.15, 0.2) is 58.1 Å². The molecule has 310 valence electrons. The number of carbonyl (C=O) groups excluding carboxylic acids is 2. The largest absolute Gasteiger partial charge is 0.491 e. The van der Waals surface area contributed by atoms with Gasteiger partial charge in [-0.15, -0.1) is 0 Å². The number of ketones is 1. The van der Waals surface area contributed by atoms with Gasteiger partial charge in [0.25, 0.3) is 0 Å². The van der Waals surface area contributed by atoms with E-state index in [1.807, 2.05) is 33.8 Å². The third-order valence-corrected chi connectivity index (χ3v) is 12.7. The number of aliphatic hydroxyl groups is 1. The molecule has 4 bridgehead atoms. The van der Waals surface area contributed by atoms with Gasteiger partial charge < -0.3 is 44.6 Å². The number of hydrogen-bond acceptors (Lipinski definition) is 12. The van der Waals surface area contributed by atoms with Crippen LogP contribution >= 0.6 is 0 Å². The molecule has 4 aliphatic heterocycles. The number of aliphatic hydroxyl groups excluding tert-OH is 1. The highest BCUT2D eigenvalue weighted by atomic mass is 16.6. The van der Waals surface area contributed by atoms with Crippen molar-refractivity contribution in [3.05, 3.63) is 74.7 Å². The van der Waals surface area contributed by atoms with Crippen molar-refractivity contribution in [2.45, 2.75) is 110 Å². The highest BCUT2D eigenvalue weighted by molar-refractivity contribution is 6.01. The van der Waals surface area contributed by atoms with Crippen molar-refractivity contribution in [3.63, 3.8) is 0 Å². The average molecular weight is 796 g/mol. The highest BCUT2D eigenvalue weighted by Crippen LogP contribution is 2.74. The molecule has 6 atom stereocenters. The van der Waals surface area contributed by atoms with Crippen LogP contribution in [0.25, 0.3) is 11.8 Å². The molecule has 0 aromatic heterocycles. The molecular formula is C46H57N3O9. The number of nitriles is 1. The number of carbonyl (C=O) groups is 2. The molecule has 1 spiro atoms. The van der Waals surface area contributed by atoms with Crippen LogP contribution in [0.4, 0.5) is 0 Å². The summed E-state index contributed by atoms with van der Waals surface area (Å²) < 4.78 is 40.4. The van der Waals surface area contributed by atoms with Crippen molar-refractivity contribution in [1.29, 1.82) is 5.26 Å². The number of methoxy groups -OCH3 is 1. The lowest BCUT2D eigenvalue weighted by molar-refractivity contribution is -0.181. The van der Waals surface area contributed by atoms with Gasteiger partial charge in [-0.3, -0.25) is 4.79 Å². The first-order valence-corrected chi connectivity index (χ1v) is 20.3. The zero-order valence-corrected chi connectivity index (χ0v) is 35.2. The topological polar surface area (TPSA) is 172 Å². The van der Waals surface area contributed by atoms with Crippen molar-refractivity contribution >= 4 is 23.6 Å². The molecular weight excluding hydrogens is 739 g/mol. The Kier molecular flexibility index (Phi) is 10.7. The Hall–Kier alpha value is -4.83. The van der Waals surface area contributed by atoms with E-state index in [0.29, 0.717) is 77.6 Å². The molecule has 7 aliphatic rings. The summed E-state index contributed by atoms with van der Waals surface area (Å²) in [5.74, 6) is -0.704. The van der Waals surface area contributed by atoms with Crippen LogP contribution in [0.1, 0.15) is 97.8 Å². The van der Waals surface area contributed by atoms with Gasteiger partial charge in [0.15, 0.2) is 17.0 Å². The fourth-order valence-corrected chi connectivity index (χ4v) is 10.1. The SMILES string of the molecule is COC(=O)/C(C)=C\CC12OC(C)(C)C3CC(C1=O)C1C(C#N)=C(N)OC4=C1C32Oc1c(CC=C(C)C)c2c(c(OCCNCCO)c14)C=CC(C)(CCC=C(C)C)O2. The Bertz CT molecular complexity index is 2160. The monoisotopic (exact) mass is 795 g/mol. The van der Waals surface area contributed by atoms with Crippen molar-refractivity contribution in [2.75, 3.05) is 33.4 Å². The summed E-state index contributed by atoms with van der Waals surface area (Å²) >= 11 is 0. The Morgan fingerprint density at radius 3 is 2.50 bits per heavy atom. The second-order valence-electron chi connectivity index (χ2n) is 17.6. The molecule has 6 unspecified atom stereocenters. The van der Waals surface area contributed by atoms with E-state index in [2.05, 4.69) is 50.4 Å². The number of allylic oxidation sites excluding steroid dienone is 5. The van der Waals surface area contributed by atoms with Gasteiger partial charge in [0.05, 0.1) is 30.5 Å². The third-order valence-electron chi connectivity index (χ3n) is 12.7. The quantitative estimate of drug-likeness (QED) is 0.0807. The Labute approximate surface area is 341 Å². The first kappa shape index (κ1) is 41.3. The van der Waals surface area contributed by atoms with Crippen LogP contribution in [0, 0.1) is 29.1 Å². The maximum absolute atomic E-state index is 15.3. The number of esters is 1. The second kappa shape index (κ2) is 15.1. The predicted molar refractivity (Wildman–Crippen MR) is 218 cm³/mol. The van der Waals surface area contributed by atoms with Gasteiger partial charge in [-0.25, -0.2) is 4.79 Å². The molecule has 1 aromatic rings. The predicted octanol–water partition coefficient (Wildman–Crippen LogP) is 6.53. The Morgan fingerprint density at radius 2 is 1.83 bits per heavy atom. The molecule has 0 amide bonds. The molecule has 3 aliphatic carbocycles. The van der Waals surface area contributed by atoms with E-state index in [4.69, 9.17) is 34.2 Å². The molecule has 8 rings (SSSR count). The zero-order valence-electron chi connectivity index (χ0n) is 35.2. The first-order chi connectivity index (χ1) is 27.5. The van der Waals surface area contributed by atoms with Crippen LogP contribution in [0.2, 0.25) is 0 Å². The first-order valence-electron chi connectivity index (χ1n) is 20.3. The normalized spacial score (nSPS) is 29.3. The molecule has 0 radical (unpaired) electrons. The summed E-state index contributed by atoms with van der Waals surface area (Å²) in [6, 6.07) is 2.29. The van der Waals surface area contributed by atoms with E-state index in [1.54, 1.807) is 13.0 Å². The fraction of sp³-hybridized carbons (Fsp3) is 0.543. The van der Waals surface area contributed by atoms with Gasteiger partial charge in [0.2, 0.25) is 5.88 Å². The van der Waals surface area contributed by atoms with Crippen LogP contribution in [-0.2, 0) is 30.2 Å². The van der Waals surface area contributed by atoms with E-state index in [9.17, 15) is 15.2 Å². The fourth-order valence-electron chi connectivity index (χ4n) is 10.1. The Morgan fingerprint density at radius 1 is 1.09 bits per heavy atom. The summed E-state index contributed by atoms with van der Waals surface area (Å²) in [5, 5.41) is 23.3. The van der Waals surface area contributed by atoms with Gasteiger partial charge in [-0.05, 0) is 93.2 Å². The van der Waals surface area contributed by atoms with Crippen molar-refractivity contribution in [1.82, 2.24) is 5.32 Å². The standard InChI is InChI=1S/C46H57N3O9/c1-25(2)11-10-16-44(8)17-15-29-36(56-44)28(13-12-26(3)4)38-34(37(29)54-22-20-49-19-21-50)39-35-33(31(24-47)41(48)55-39)30-23-32-43(6,7)58-45(40(30)51,46(32,35)57-38)18-14-27(5)42(52)53-9/h11-12,14-15,17,30,32-33,49-50H,10,13,16,18-23,48H2,1-9H3/b27-14-. The number of rotatable bonds is 14. The summed E-state index contributed by atoms with van der Waals surface area (Å²) in [6.45, 7) is 16.9. The summed E-state index contributed by atoms with van der Waals surface area (Å²) in [6.07, 6.45) is 12.5. The smallest absolute Gasteiger partial charge is 0.333 e. The number of nitrogens with two attached hydrogens (primary N) is 1. The number of fused-ring (bicyclic) bond motifs is 3. The van der Waals surface area contributed by atoms with Gasteiger partial charge in [-0.1, -0.05) is 29.4 Å². The molecule has 1 saturated heterocycles. The summed E-state index contributed by atoms with van der Waals surface area (Å²) in [5.41, 5.74) is 7.48. The highest BCUT2D eigenvalue weighted by Gasteiger charge is 2.84. The minimum absolute atomic E-state index is 0.0128. The number of ether oxygens (including phenoxy) is 6. The van der Waals surface area contributed by atoms with Crippen molar-refractivity contribution in [3.8, 4) is 23.3 Å². The zero-order chi connectivity index (χ0) is 41.9. The minimum atomic E-state index is -1.61. The lowest BCUT2D eigenvalue weighted by Crippen LogP contribution is -2.75. The van der Waals surface area contributed by atoms with Gasteiger partial charge >= 0.3 is 5.97 Å². The van der Waals surface area contributed by atoms with Crippen LogP contribution < -0.4 is 25.3 Å². The number of Topliss-reactive ketones (excluding diaryl/α,β-unsaturated/α-hetero) is 1. The molecule has 4 fully saturated rings. The van der Waals surface area contributed by atoms with E-state index in [0.717, 1.165) is 17.6 Å². The minimum Gasteiger partial charge on any atom is -0.491 e. The third kappa shape index (κ3) is 6.28. The number of nitrogens with one attached hydrogen (secondary N) is 1. The second-order valence-corrected chi connectivity index (χ2v) is 17.6. The lowest BCUT2D eigenvalue weighted by Gasteiger charge is -2.61. The molecule has 58 heavy (non-hydrogen) atoms. The molecule has 12 nitrogen and oxygen atoms in total. The summed E-state index contributed by atoms with van der Waals surface area (Å²) in [7, 11) is 1.32. The lowest BCUT2D eigenvalue weighted by atomic mass is 9.45. The van der Waals surface area contributed by atoms with Crippen molar-refractivity contribution in [2.24, 2.45) is 23.5 Å². The maximum Gasteiger partial charge on any atom is 0.333 e. The van der Waals surface area contributed by atoms with E-state index >= 15 is 4.79 Å². The molecule has 1 aromatic carbocycles. The average Bonchev–Trinajstić information content (AvgIpc) is 3.31. The van der Waals surface area contributed by atoms with Crippen LogP contribution in [0.3, 0.4) is 0 Å². The van der Waals surface area contributed by atoms with Crippen LogP contribution in [0.5, 0.6) is 17.2 Å². The van der Waals surface area contributed by atoms with Gasteiger partial charge in [0.1, 0.15) is 46.8 Å². The number of benzene rings is 1. The summed E-state index contributed by atoms with van der Waals surface area (Å²) in [4.78, 5) is 28.0. The van der Waals surface area contributed by atoms with Gasteiger partial charge in [-0.2, -0.15) is 5.26 Å². The van der Waals surface area contributed by atoms with Crippen LogP contribution in [-0.4, -0.2) is 72.7 Å². The number of nitrogens with zero attached hydrogens (tertiary/aromatic N) is 1. The maximum atomic E-state index is 15.3. The van der Waals surface area contributed by atoms with E-state index in [1.165, 1.54) is 12.7 Å². The molecule has 4 heterocycles. The molecule has 4 N–H and O–H groups in total. The molecule has 3 saturated carbocycles. The Balaban J connectivity index is 1.55. The van der Waals surface area contributed by atoms with E-state index in [-0.39, 0.29) is 42.8 Å².